The summed E-state index contributed by atoms with van der Waals surface area (Å²) in [5.74, 6) is 1.47. The van der Waals surface area contributed by atoms with Crippen molar-refractivity contribution in [2.75, 3.05) is 7.11 Å². The standard InChI is InChI=1S/C19H15NO3S/c1-20-14-11-12(22-2)7-9-17(14)24-18(20)10-8-16-19(21)13-5-3-4-6-15(13)23-16/h3-11H,1-2H3/p+1. The Bertz CT molecular complexity index is 1080. The molecule has 0 saturated heterocycles. The number of aryl methyl sites for hydroxylation is 1. The third kappa shape index (κ3) is 2.34. The molecule has 0 spiro atoms. The molecule has 4 rings (SSSR count). The minimum atomic E-state index is 0.173. The molecular weight excluding hydrogens is 322 g/mol. The molecule has 0 fully saturated rings. The van der Waals surface area contributed by atoms with Crippen LogP contribution in [0.15, 0.2) is 46.9 Å². The Morgan fingerprint density at radius 3 is 2.79 bits per heavy atom. The molecule has 0 aliphatic heterocycles. The predicted octanol–water partition coefficient (Wildman–Crippen LogP) is 4.36. The number of ether oxygens (including phenoxy) is 1. The summed E-state index contributed by atoms with van der Waals surface area (Å²) in [6.07, 6.45) is 3.76. The Morgan fingerprint density at radius 1 is 1.17 bits per heavy atom. The number of nitrogens with zero attached hydrogens (tertiary/aromatic N) is 1. The SMILES string of the molecule is COc1ccc2sc(/C=C/c3oc4ccccc4c3O)[n+](C)c2c1. The van der Waals surface area contributed by atoms with Crippen molar-refractivity contribution in [1.82, 2.24) is 0 Å². The van der Waals surface area contributed by atoms with Gasteiger partial charge in [-0.2, -0.15) is 4.57 Å². The van der Waals surface area contributed by atoms with Crippen LogP contribution in [0, 0.1) is 0 Å². The molecule has 5 heteroatoms. The molecule has 2 heterocycles. The van der Waals surface area contributed by atoms with Crippen LogP contribution in [0.4, 0.5) is 0 Å². The summed E-state index contributed by atoms with van der Waals surface area (Å²) in [5.41, 5.74) is 1.79. The van der Waals surface area contributed by atoms with Crippen LogP contribution >= 0.6 is 11.3 Å². The van der Waals surface area contributed by atoms with E-state index in [4.69, 9.17) is 9.15 Å². The number of hydrogen-bond donors (Lipinski definition) is 1. The largest absolute Gasteiger partial charge is 0.504 e. The van der Waals surface area contributed by atoms with Gasteiger partial charge >= 0.3 is 0 Å². The van der Waals surface area contributed by atoms with Crippen LogP contribution in [0.2, 0.25) is 0 Å². The van der Waals surface area contributed by atoms with Crippen LogP contribution in [0.25, 0.3) is 33.3 Å². The molecule has 2 aromatic heterocycles. The third-order valence-corrected chi connectivity index (χ3v) is 5.23. The highest BCUT2D eigenvalue weighted by atomic mass is 32.1. The molecule has 4 nitrogen and oxygen atoms in total. The summed E-state index contributed by atoms with van der Waals surface area (Å²) < 4.78 is 14.3. The van der Waals surface area contributed by atoms with E-state index in [1.54, 1.807) is 24.5 Å². The van der Waals surface area contributed by atoms with Gasteiger partial charge in [-0.05, 0) is 30.3 Å². The summed E-state index contributed by atoms with van der Waals surface area (Å²) in [5, 5.41) is 12.1. The van der Waals surface area contributed by atoms with Crippen molar-refractivity contribution < 1.29 is 18.8 Å². The van der Waals surface area contributed by atoms with E-state index in [-0.39, 0.29) is 5.75 Å². The van der Waals surface area contributed by atoms with Gasteiger partial charge in [-0.3, -0.25) is 0 Å². The first kappa shape index (κ1) is 14.8. The highest BCUT2D eigenvalue weighted by Gasteiger charge is 2.16. The van der Waals surface area contributed by atoms with Crippen molar-refractivity contribution >= 4 is 44.7 Å². The molecule has 2 aromatic carbocycles. The minimum absolute atomic E-state index is 0.173. The Hall–Kier alpha value is -2.79. The number of fused-ring (bicyclic) bond motifs is 2. The number of para-hydroxylation sites is 1. The fourth-order valence-corrected chi connectivity index (χ4v) is 3.76. The van der Waals surface area contributed by atoms with Gasteiger partial charge in [-0.15, -0.1) is 0 Å². The quantitative estimate of drug-likeness (QED) is 0.565. The third-order valence-electron chi connectivity index (χ3n) is 4.05. The van der Waals surface area contributed by atoms with Crippen molar-refractivity contribution in [2.24, 2.45) is 7.05 Å². The number of benzene rings is 2. The Labute approximate surface area is 142 Å². The van der Waals surface area contributed by atoms with Crippen LogP contribution < -0.4 is 9.30 Å². The van der Waals surface area contributed by atoms with Crippen molar-refractivity contribution in [1.29, 1.82) is 0 Å². The number of aromatic nitrogens is 1. The van der Waals surface area contributed by atoms with Gasteiger partial charge < -0.3 is 14.3 Å². The van der Waals surface area contributed by atoms with E-state index in [2.05, 4.69) is 10.6 Å². The van der Waals surface area contributed by atoms with Crippen molar-refractivity contribution in [3.05, 3.63) is 53.2 Å². The molecule has 0 atom stereocenters. The summed E-state index contributed by atoms with van der Waals surface area (Å²) >= 11 is 1.67. The van der Waals surface area contributed by atoms with Crippen LogP contribution in [0.3, 0.4) is 0 Å². The van der Waals surface area contributed by atoms with Gasteiger partial charge in [0.05, 0.1) is 18.6 Å². The van der Waals surface area contributed by atoms with Crippen LogP contribution in [0.5, 0.6) is 11.5 Å². The molecule has 0 unspecified atom stereocenters. The van der Waals surface area contributed by atoms with Crippen LogP contribution in [0.1, 0.15) is 10.8 Å². The molecule has 24 heavy (non-hydrogen) atoms. The smallest absolute Gasteiger partial charge is 0.262 e. The number of rotatable bonds is 3. The molecule has 4 aromatic rings. The zero-order valence-electron chi connectivity index (χ0n) is 13.3. The van der Waals surface area contributed by atoms with E-state index in [1.807, 2.05) is 49.5 Å². The zero-order chi connectivity index (χ0) is 16.7. The predicted molar refractivity (Wildman–Crippen MR) is 96.4 cm³/mol. The number of aromatic hydroxyl groups is 1. The van der Waals surface area contributed by atoms with E-state index < -0.39 is 0 Å². The average Bonchev–Trinajstić information content (AvgIpc) is 3.10. The highest BCUT2D eigenvalue weighted by Crippen LogP contribution is 2.33. The van der Waals surface area contributed by atoms with Gasteiger partial charge in [-0.1, -0.05) is 23.5 Å². The van der Waals surface area contributed by atoms with E-state index in [0.29, 0.717) is 11.3 Å². The molecular formula is C19H16NO3S+. The summed E-state index contributed by atoms with van der Waals surface area (Å²) in [4.78, 5) is 0. The van der Waals surface area contributed by atoms with Crippen LogP contribution in [-0.4, -0.2) is 12.2 Å². The van der Waals surface area contributed by atoms with Gasteiger partial charge in [0.1, 0.15) is 23.1 Å². The van der Waals surface area contributed by atoms with Gasteiger partial charge in [-0.25, -0.2) is 0 Å². The lowest BCUT2D eigenvalue weighted by atomic mass is 10.2. The Morgan fingerprint density at radius 2 is 2.00 bits per heavy atom. The molecule has 1 N–H and O–H groups in total. The van der Waals surface area contributed by atoms with Gasteiger partial charge in [0, 0.05) is 6.08 Å². The maximum Gasteiger partial charge on any atom is 0.262 e. The zero-order valence-corrected chi connectivity index (χ0v) is 14.1. The lowest BCUT2D eigenvalue weighted by Gasteiger charge is -1.95. The first-order valence-corrected chi connectivity index (χ1v) is 8.34. The fourth-order valence-electron chi connectivity index (χ4n) is 2.73. The second-order valence-corrected chi connectivity index (χ2v) is 6.54. The number of thiazole rings is 1. The molecule has 0 radical (unpaired) electrons. The molecule has 0 bridgehead atoms. The highest BCUT2D eigenvalue weighted by molar-refractivity contribution is 7.18. The second kappa shape index (κ2) is 5.69. The van der Waals surface area contributed by atoms with Gasteiger partial charge in [0.15, 0.2) is 11.5 Å². The van der Waals surface area contributed by atoms with E-state index in [1.165, 1.54) is 4.70 Å². The second-order valence-electron chi connectivity index (χ2n) is 5.48. The number of hydrogen-bond acceptors (Lipinski definition) is 4. The van der Waals surface area contributed by atoms with Crippen molar-refractivity contribution in [3.8, 4) is 11.5 Å². The minimum Gasteiger partial charge on any atom is -0.504 e. The Kier molecular flexibility index (Phi) is 3.50. The first-order chi connectivity index (χ1) is 11.7. The molecule has 0 amide bonds. The monoisotopic (exact) mass is 338 g/mol. The maximum atomic E-state index is 10.3. The van der Waals surface area contributed by atoms with Crippen molar-refractivity contribution in [3.63, 3.8) is 0 Å². The number of methoxy groups -OCH3 is 1. The number of furan rings is 1. The van der Waals surface area contributed by atoms with Gasteiger partial charge in [0.25, 0.3) is 5.01 Å². The first-order valence-electron chi connectivity index (χ1n) is 7.52. The Balaban J connectivity index is 1.76. The van der Waals surface area contributed by atoms with E-state index >= 15 is 0 Å². The average molecular weight is 338 g/mol. The lowest BCUT2D eigenvalue weighted by Crippen LogP contribution is -2.28. The summed E-state index contributed by atoms with van der Waals surface area (Å²) in [6.45, 7) is 0. The molecule has 0 aliphatic carbocycles. The molecule has 0 saturated carbocycles. The van der Waals surface area contributed by atoms with E-state index in [9.17, 15) is 5.11 Å². The summed E-state index contributed by atoms with van der Waals surface area (Å²) in [6, 6.07) is 13.5. The lowest BCUT2D eigenvalue weighted by molar-refractivity contribution is -0.642. The maximum absolute atomic E-state index is 10.3. The fraction of sp³-hybridized carbons (Fsp3) is 0.105. The topological polar surface area (TPSA) is 46.5 Å². The van der Waals surface area contributed by atoms with E-state index in [0.717, 1.165) is 21.7 Å². The van der Waals surface area contributed by atoms with Crippen LogP contribution in [-0.2, 0) is 7.05 Å². The normalized spacial score (nSPS) is 11.8. The van der Waals surface area contributed by atoms with Gasteiger partial charge in [0.2, 0.25) is 5.52 Å². The molecule has 0 aliphatic rings. The van der Waals surface area contributed by atoms with Crippen molar-refractivity contribution in [2.45, 2.75) is 0 Å². The molecule has 120 valence electrons. The summed E-state index contributed by atoms with van der Waals surface area (Å²) in [7, 11) is 3.68.